The second-order valence-electron chi connectivity index (χ2n) is 4.36. The molecular weight excluding hydrogens is 336 g/mol. The number of phenolic OH excluding ortho intramolecular Hbond substituents is 1. The molecule has 3 rings (SSSR count). The zero-order chi connectivity index (χ0) is 14.8. The number of rotatable bonds is 2. The molecule has 2 aromatic carbocycles. The number of anilines is 2. The summed E-state index contributed by atoms with van der Waals surface area (Å²) < 4.78 is 5.74. The maximum atomic E-state index is 12.0. The van der Waals surface area contributed by atoms with Crippen molar-refractivity contribution in [2.45, 2.75) is 0 Å². The number of fused-ring (bicyclic) bond motifs is 1. The molecule has 0 spiro atoms. The van der Waals surface area contributed by atoms with Crippen molar-refractivity contribution in [2.75, 3.05) is 10.6 Å². The molecule has 0 atom stereocenters. The summed E-state index contributed by atoms with van der Waals surface area (Å²) in [5.41, 5.74) is 0.603. The molecule has 106 valence electrons. The number of hydrogen-bond donors (Lipinski definition) is 3. The molecular formula is C15H11BrN2O3. The highest BCUT2D eigenvalue weighted by molar-refractivity contribution is 9.10. The van der Waals surface area contributed by atoms with Crippen LogP contribution >= 0.6 is 15.9 Å². The van der Waals surface area contributed by atoms with Crippen LogP contribution in [0.4, 0.5) is 16.4 Å². The average molecular weight is 347 g/mol. The molecule has 21 heavy (non-hydrogen) atoms. The number of aromatic hydroxyl groups is 1. The van der Waals surface area contributed by atoms with Crippen molar-refractivity contribution in [2.24, 2.45) is 0 Å². The van der Waals surface area contributed by atoms with E-state index < -0.39 is 6.03 Å². The summed E-state index contributed by atoms with van der Waals surface area (Å²) in [5.74, 6) is 0.508. The largest absolute Gasteiger partial charge is 0.507 e. The van der Waals surface area contributed by atoms with Gasteiger partial charge in [0.05, 0.1) is 5.69 Å². The van der Waals surface area contributed by atoms with Crippen LogP contribution in [-0.2, 0) is 0 Å². The van der Waals surface area contributed by atoms with Crippen LogP contribution in [-0.4, -0.2) is 11.1 Å². The van der Waals surface area contributed by atoms with E-state index in [2.05, 4.69) is 26.6 Å². The Morgan fingerprint density at radius 1 is 1.00 bits per heavy atom. The predicted molar refractivity (Wildman–Crippen MR) is 84.7 cm³/mol. The summed E-state index contributed by atoms with van der Waals surface area (Å²) in [7, 11) is 0. The Hall–Kier alpha value is -2.47. The molecule has 0 unspecified atom stereocenters. The highest BCUT2D eigenvalue weighted by atomic mass is 79.9. The number of phenols is 1. The van der Waals surface area contributed by atoms with E-state index in [0.717, 1.165) is 5.39 Å². The summed E-state index contributed by atoms with van der Waals surface area (Å²) in [5, 5.41) is 16.6. The quantitative estimate of drug-likeness (QED) is 0.637. The first-order valence-electron chi connectivity index (χ1n) is 6.17. The third-order valence-electron chi connectivity index (χ3n) is 2.96. The van der Waals surface area contributed by atoms with E-state index in [1.165, 1.54) is 0 Å². The van der Waals surface area contributed by atoms with Crippen molar-refractivity contribution in [1.29, 1.82) is 0 Å². The van der Waals surface area contributed by atoms with Gasteiger partial charge in [-0.25, -0.2) is 4.79 Å². The lowest BCUT2D eigenvalue weighted by Gasteiger charge is -2.09. The van der Waals surface area contributed by atoms with E-state index in [4.69, 9.17) is 4.42 Å². The Bertz CT molecular complexity index is 814. The molecule has 0 radical (unpaired) electrons. The van der Waals surface area contributed by atoms with Crippen LogP contribution in [0.1, 0.15) is 0 Å². The van der Waals surface area contributed by atoms with Crippen LogP contribution < -0.4 is 10.6 Å². The monoisotopic (exact) mass is 346 g/mol. The normalized spacial score (nSPS) is 10.5. The van der Waals surface area contributed by atoms with Gasteiger partial charge in [0.15, 0.2) is 4.67 Å². The number of carbonyl (C=O) groups is 1. The molecule has 5 nitrogen and oxygen atoms in total. The lowest BCUT2D eigenvalue weighted by atomic mass is 10.1. The first kappa shape index (κ1) is 13.5. The van der Waals surface area contributed by atoms with Gasteiger partial charge in [-0.15, -0.1) is 0 Å². The third-order valence-corrected chi connectivity index (χ3v) is 3.38. The third kappa shape index (κ3) is 2.85. The minimum absolute atomic E-state index is 0.173. The zero-order valence-electron chi connectivity index (χ0n) is 10.8. The zero-order valence-corrected chi connectivity index (χ0v) is 12.3. The second kappa shape index (κ2) is 5.49. The van der Waals surface area contributed by atoms with Crippen LogP contribution in [0.3, 0.4) is 0 Å². The van der Waals surface area contributed by atoms with E-state index in [9.17, 15) is 9.90 Å². The van der Waals surface area contributed by atoms with Gasteiger partial charge < -0.3 is 14.8 Å². The molecule has 0 saturated carbocycles. The molecule has 0 aliphatic heterocycles. The van der Waals surface area contributed by atoms with Crippen LogP contribution in [0.5, 0.6) is 5.75 Å². The van der Waals surface area contributed by atoms with Gasteiger partial charge in [0.25, 0.3) is 0 Å². The molecule has 0 saturated heterocycles. The summed E-state index contributed by atoms with van der Waals surface area (Å²) in [6.45, 7) is 0. The van der Waals surface area contributed by atoms with E-state index in [1.54, 1.807) is 42.5 Å². The van der Waals surface area contributed by atoms with Crippen molar-refractivity contribution in [3.8, 4) is 5.75 Å². The fourth-order valence-corrected chi connectivity index (χ4v) is 2.36. The maximum Gasteiger partial charge on any atom is 0.326 e. The lowest BCUT2D eigenvalue weighted by Crippen LogP contribution is -2.19. The van der Waals surface area contributed by atoms with E-state index in [1.807, 2.05) is 6.07 Å². The average Bonchev–Trinajstić information content (AvgIpc) is 2.85. The maximum absolute atomic E-state index is 12.0. The van der Waals surface area contributed by atoms with Crippen molar-refractivity contribution < 1.29 is 14.3 Å². The van der Waals surface area contributed by atoms with Crippen LogP contribution in [0.2, 0.25) is 0 Å². The highest BCUT2D eigenvalue weighted by Gasteiger charge is 2.09. The Balaban J connectivity index is 1.84. The van der Waals surface area contributed by atoms with Gasteiger partial charge in [0, 0.05) is 16.8 Å². The first-order valence-corrected chi connectivity index (χ1v) is 6.97. The first-order chi connectivity index (χ1) is 10.1. The molecule has 6 heteroatoms. The van der Waals surface area contributed by atoms with Gasteiger partial charge in [0.2, 0.25) is 5.88 Å². The number of furan rings is 1. The fraction of sp³-hybridized carbons (Fsp3) is 0. The Kier molecular flexibility index (Phi) is 3.53. The number of urea groups is 1. The summed E-state index contributed by atoms with van der Waals surface area (Å²) in [4.78, 5) is 12.0. The number of nitrogens with one attached hydrogen (secondary N) is 2. The molecule has 1 aromatic heterocycles. The molecule has 0 aliphatic carbocycles. The lowest BCUT2D eigenvalue weighted by molar-refractivity contribution is 0.261. The molecule has 0 aliphatic rings. The topological polar surface area (TPSA) is 74.5 Å². The van der Waals surface area contributed by atoms with E-state index in [-0.39, 0.29) is 5.75 Å². The Morgan fingerprint density at radius 3 is 2.52 bits per heavy atom. The van der Waals surface area contributed by atoms with Crippen LogP contribution in [0.25, 0.3) is 10.8 Å². The molecule has 1 heterocycles. The van der Waals surface area contributed by atoms with Gasteiger partial charge in [-0.3, -0.25) is 5.32 Å². The van der Waals surface area contributed by atoms with Crippen molar-refractivity contribution in [3.63, 3.8) is 0 Å². The summed E-state index contributed by atoms with van der Waals surface area (Å²) in [6.07, 6.45) is 0. The standard InChI is InChI=1S/C15H11BrN2O3/c16-13-7-8-14(21-13)18-15(20)17-11-5-1-4-10-9(11)3-2-6-12(10)19/h1-8,19H,(H2,17,18,20). The van der Waals surface area contributed by atoms with Gasteiger partial charge >= 0.3 is 6.03 Å². The van der Waals surface area contributed by atoms with Gasteiger partial charge in [-0.05, 0) is 34.1 Å². The van der Waals surface area contributed by atoms with E-state index in [0.29, 0.717) is 21.6 Å². The smallest absolute Gasteiger partial charge is 0.326 e. The number of hydrogen-bond acceptors (Lipinski definition) is 3. The Morgan fingerprint density at radius 2 is 1.76 bits per heavy atom. The minimum Gasteiger partial charge on any atom is -0.507 e. The van der Waals surface area contributed by atoms with Gasteiger partial charge in [0.1, 0.15) is 5.75 Å². The Labute approximate surface area is 128 Å². The number of benzene rings is 2. The highest BCUT2D eigenvalue weighted by Crippen LogP contribution is 2.29. The minimum atomic E-state index is -0.423. The number of halogens is 1. The van der Waals surface area contributed by atoms with E-state index >= 15 is 0 Å². The van der Waals surface area contributed by atoms with Gasteiger partial charge in [-0.2, -0.15) is 0 Å². The SMILES string of the molecule is O=C(Nc1ccc(Br)o1)Nc1cccc2c(O)cccc12. The van der Waals surface area contributed by atoms with Crippen molar-refractivity contribution >= 4 is 44.3 Å². The second-order valence-corrected chi connectivity index (χ2v) is 5.14. The fourth-order valence-electron chi connectivity index (χ4n) is 2.05. The molecule has 3 N–H and O–H groups in total. The van der Waals surface area contributed by atoms with Crippen molar-refractivity contribution in [3.05, 3.63) is 53.2 Å². The molecule has 0 fully saturated rings. The van der Waals surface area contributed by atoms with Crippen molar-refractivity contribution in [1.82, 2.24) is 0 Å². The van der Waals surface area contributed by atoms with Crippen LogP contribution in [0.15, 0.2) is 57.6 Å². The summed E-state index contributed by atoms with van der Waals surface area (Å²) in [6, 6.07) is 13.4. The number of amides is 2. The predicted octanol–water partition coefficient (Wildman–Crippen LogP) is 4.54. The van der Waals surface area contributed by atoms with Crippen LogP contribution in [0, 0.1) is 0 Å². The summed E-state index contributed by atoms with van der Waals surface area (Å²) >= 11 is 3.16. The van der Waals surface area contributed by atoms with Gasteiger partial charge in [-0.1, -0.05) is 24.3 Å². The number of carbonyl (C=O) groups excluding carboxylic acids is 1. The molecule has 3 aromatic rings. The molecule has 2 amide bonds. The molecule has 0 bridgehead atoms.